The van der Waals surface area contributed by atoms with Crippen molar-refractivity contribution in [1.82, 2.24) is 0 Å². The van der Waals surface area contributed by atoms with E-state index in [1.807, 2.05) is 0 Å². The molecular weight excluding hydrogens is 124 g/mol. The molecule has 0 radical (unpaired) electrons. The van der Waals surface area contributed by atoms with Crippen LogP contribution >= 0.6 is 0 Å². The van der Waals surface area contributed by atoms with E-state index in [1.54, 1.807) is 0 Å². The third-order valence-electron chi connectivity index (χ3n) is 2.37. The topological polar surface area (TPSA) is 9.23 Å². The molecule has 0 spiro atoms. The monoisotopic (exact) mass is 142 g/mol. The summed E-state index contributed by atoms with van der Waals surface area (Å²) in [4.78, 5) is 0. The van der Waals surface area contributed by atoms with Gasteiger partial charge < -0.3 is 4.74 Å². The number of hydrogen-bond donors (Lipinski definition) is 0. The molecule has 0 saturated carbocycles. The van der Waals surface area contributed by atoms with E-state index in [-0.39, 0.29) is 0 Å². The predicted octanol–water partition coefficient (Wildman–Crippen LogP) is 2.60. The Hall–Kier alpha value is -0.0400. The molecule has 10 heavy (non-hydrogen) atoms. The van der Waals surface area contributed by atoms with Crippen LogP contribution in [0.15, 0.2) is 0 Å². The average Bonchev–Trinajstić information content (AvgIpc) is 1.85. The Bertz CT molecular complexity index is 90.9. The number of hydrogen-bond acceptors (Lipinski definition) is 1. The Labute approximate surface area is 63.8 Å². The van der Waals surface area contributed by atoms with Gasteiger partial charge in [-0.15, -0.1) is 0 Å². The van der Waals surface area contributed by atoms with E-state index in [9.17, 15) is 0 Å². The van der Waals surface area contributed by atoms with Crippen molar-refractivity contribution < 1.29 is 4.74 Å². The third-order valence-corrected chi connectivity index (χ3v) is 2.37. The first-order chi connectivity index (χ1) is 4.72. The van der Waals surface area contributed by atoms with Gasteiger partial charge >= 0.3 is 0 Å². The molecule has 0 bridgehead atoms. The minimum atomic E-state index is 0.494. The normalized spacial score (nSPS) is 41.7. The molecule has 1 saturated heterocycles. The summed E-state index contributed by atoms with van der Waals surface area (Å²) >= 11 is 0. The summed E-state index contributed by atoms with van der Waals surface area (Å²) in [5, 5.41) is 0. The van der Waals surface area contributed by atoms with Crippen LogP contribution in [0.25, 0.3) is 0 Å². The fourth-order valence-electron chi connectivity index (χ4n) is 1.88. The number of ether oxygens (including phenoxy) is 1. The first kappa shape index (κ1) is 8.06. The Balaban J connectivity index is 2.35. The summed E-state index contributed by atoms with van der Waals surface area (Å²) in [6, 6.07) is 0. The SMILES string of the molecule is CCC1CC(C)OC(C)C1. The second kappa shape index (κ2) is 3.38. The second-order valence-electron chi connectivity index (χ2n) is 3.50. The molecule has 0 amide bonds. The maximum atomic E-state index is 5.62. The lowest BCUT2D eigenvalue weighted by Crippen LogP contribution is -2.28. The average molecular weight is 142 g/mol. The molecular formula is C9H18O. The van der Waals surface area contributed by atoms with Crippen LogP contribution in [0.3, 0.4) is 0 Å². The van der Waals surface area contributed by atoms with Crippen molar-refractivity contribution in [2.24, 2.45) is 5.92 Å². The lowest BCUT2D eigenvalue weighted by molar-refractivity contribution is -0.0525. The summed E-state index contributed by atoms with van der Waals surface area (Å²) in [7, 11) is 0. The summed E-state index contributed by atoms with van der Waals surface area (Å²) < 4.78 is 5.62. The van der Waals surface area contributed by atoms with Crippen molar-refractivity contribution in [3.63, 3.8) is 0 Å². The first-order valence-corrected chi connectivity index (χ1v) is 4.37. The van der Waals surface area contributed by atoms with E-state index in [4.69, 9.17) is 4.74 Å². The quantitative estimate of drug-likeness (QED) is 0.547. The standard InChI is InChI=1S/C9H18O/c1-4-9-5-7(2)10-8(3)6-9/h7-9H,4-6H2,1-3H3. The van der Waals surface area contributed by atoms with Crippen molar-refractivity contribution in [3.05, 3.63) is 0 Å². The van der Waals surface area contributed by atoms with Crippen molar-refractivity contribution in [2.75, 3.05) is 0 Å². The van der Waals surface area contributed by atoms with Gasteiger partial charge in [0.05, 0.1) is 12.2 Å². The third kappa shape index (κ3) is 1.98. The molecule has 1 aliphatic heterocycles. The van der Waals surface area contributed by atoms with E-state index in [1.165, 1.54) is 19.3 Å². The zero-order valence-corrected chi connectivity index (χ0v) is 7.26. The molecule has 2 atom stereocenters. The van der Waals surface area contributed by atoms with E-state index in [0.717, 1.165) is 5.92 Å². The highest BCUT2D eigenvalue weighted by Gasteiger charge is 2.22. The van der Waals surface area contributed by atoms with Crippen LogP contribution in [0.5, 0.6) is 0 Å². The fourth-order valence-corrected chi connectivity index (χ4v) is 1.88. The lowest BCUT2D eigenvalue weighted by Gasteiger charge is -2.31. The predicted molar refractivity (Wildman–Crippen MR) is 43.0 cm³/mol. The van der Waals surface area contributed by atoms with Gasteiger partial charge in [-0.25, -0.2) is 0 Å². The highest BCUT2D eigenvalue weighted by molar-refractivity contribution is 4.71. The number of rotatable bonds is 1. The Kier molecular flexibility index (Phi) is 2.72. The highest BCUT2D eigenvalue weighted by Crippen LogP contribution is 2.26. The molecule has 0 aromatic carbocycles. The Morgan fingerprint density at radius 1 is 1.20 bits per heavy atom. The van der Waals surface area contributed by atoms with Crippen LogP contribution in [0.2, 0.25) is 0 Å². The van der Waals surface area contributed by atoms with Gasteiger partial charge in [0, 0.05) is 0 Å². The van der Waals surface area contributed by atoms with Gasteiger partial charge in [-0.05, 0) is 32.6 Å². The summed E-state index contributed by atoms with van der Waals surface area (Å²) in [6.45, 7) is 6.63. The smallest absolute Gasteiger partial charge is 0.0553 e. The zero-order valence-electron chi connectivity index (χ0n) is 7.26. The molecule has 1 aliphatic rings. The van der Waals surface area contributed by atoms with Crippen molar-refractivity contribution in [1.29, 1.82) is 0 Å². The summed E-state index contributed by atoms with van der Waals surface area (Å²) in [6.07, 6.45) is 4.84. The molecule has 1 heteroatoms. The second-order valence-corrected chi connectivity index (χ2v) is 3.50. The van der Waals surface area contributed by atoms with Gasteiger partial charge in [0.15, 0.2) is 0 Å². The van der Waals surface area contributed by atoms with Gasteiger partial charge in [0.2, 0.25) is 0 Å². The molecule has 60 valence electrons. The van der Waals surface area contributed by atoms with Crippen molar-refractivity contribution in [2.45, 2.75) is 52.2 Å². The summed E-state index contributed by atoms with van der Waals surface area (Å²) in [5.74, 6) is 0.916. The maximum Gasteiger partial charge on any atom is 0.0553 e. The molecule has 1 heterocycles. The van der Waals surface area contributed by atoms with Crippen LogP contribution in [0, 0.1) is 5.92 Å². The van der Waals surface area contributed by atoms with Crippen molar-refractivity contribution >= 4 is 0 Å². The van der Waals surface area contributed by atoms with Crippen LogP contribution < -0.4 is 0 Å². The van der Waals surface area contributed by atoms with E-state index in [0.29, 0.717) is 12.2 Å². The minimum absolute atomic E-state index is 0.494. The van der Waals surface area contributed by atoms with Gasteiger partial charge in [-0.2, -0.15) is 0 Å². The van der Waals surface area contributed by atoms with Crippen LogP contribution in [-0.2, 0) is 4.74 Å². The minimum Gasteiger partial charge on any atom is -0.376 e. The first-order valence-electron chi connectivity index (χ1n) is 4.37. The molecule has 1 rings (SSSR count). The van der Waals surface area contributed by atoms with E-state index < -0.39 is 0 Å². The Morgan fingerprint density at radius 2 is 1.70 bits per heavy atom. The molecule has 0 aliphatic carbocycles. The Morgan fingerprint density at radius 3 is 2.10 bits per heavy atom. The highest BCUT2D eigenvalue weighted by atomic mass is 16.5. The molecule has 0 aromatic heterocycles. The largest absolute Gasteiger partial charge is 0.376 e. The molecule has 1 fully saturated rings. The van der Waals surface area contributed by atoms with Crippen LogP contribution in [0.1, 0.15) is 40.0 Å². The maximum absolute atomic E-state index is 5.62. The van der Waals surface area contributed by atoms with Crippen LogP contribution in [-0.4, -0.2) is 12.2 Å². The van der Waals surface area contributed by atoms with Crippen LogP contribution in [0.4, 0.5) is 0 Å². The fraction of sp³-hybridized carbons (Fsp3) is 1.00. The summed E-state index contributed by atoms with van der Waals surface area (Å²) in [5.41, 5.74) is 0. The van der Waals surface area contributed by atoms with Crippen molar-refractivity contribution in [3.8, 4) is 0 Å². The molecule has 2 unspecified atom stereocenters. The van der Waals surface area contributed by atoms with Gasteiger partial charge in [0.1, 0.15) is 0 Å². The molecule has 0 N–H and O–H groups in total. The van der Waals surface area contributed by atoms with Gasteiger partial charge in [-0.3, -0.25) is 0 Å². The van der Waals surface area contributed by atoms with Gasteiger partial charge in [0.25, 0.3) is 0 Å². The van der Waals surface area contributed by atoms with E-state index >= 15 is 0 Å². The molecule has 0 aromatic rings. The molecule has 1 nitrogen and oxygen atoms in total. The lowest BCUT2D eigenvalue weighted by atomic mass is 9.91. The van der Waals surface area contributed by atoms with E-state index in [2.05, 4.69) is 20.8 Å². The van der Waals surface area contributed by atoms with Gasteiger partial charge in [-0.1, -0.05) is 13.3 Å². The zero-order chi connectivity index (χ0) is 7.56.